The van der Waals surface area contributed by atoms with Crippen molar-refractivity contribution in [3.63, 3.8) is 0 Å². The van der Waals surface area contributed by atoms with E-state index in [0.29, 0.717) is 19.4 Å². The number of carbonyl (C=O) groups is 1. The Hall–Kier alpha value is -1.12. The van der Waals surface area contributed by atoms with Crippen LogP contribution in [-0.2, 0) is 26.6 Å². The molecule has 0 unspecified atom stereocenters. The Morgan fingerprint density at radius 1 is 1.57 bits per heavy atom. The number of aryl methyl sites for hydroxylation is 1. The molecule has 0 spiro atoms. The molecule has 1 aromatic heterocycles. The van der Waals surface area contributed by atoms with Crippen molar-refractivity contribution in [3.8, 4) is 0 Å². The molecule has 0 aromatic carbocycles. The number of hydrogen-bond acceptors (Lipinski definition) is 5. The predicted octanol–water partition coefficient (Wildman–Crippen LogP) is 1.04. The van der Waals surface area contributed by atoms with Crippen LogP contribution < -0.4 is 0 Å². The lowest BCUT2D eigenvalue weighted by Gasteiger charge is -2.30. The van der Waals surface area contributed by atoms with Gasteiger partial charge in [-0.1, -0.05) is 11.6 Å². The van der Waals surface area contributed by atoms with Gasteiger partial charge in [0.2, 0.25) is 0 Å². The largest absolute Gasteiger partial charge is 0.466 e. The maximum atomic E-state index is 12.6. The Bertz CT molecular complexity index is 609. The zero-order valence-electron chi connectivity index (χ0n) is 12.0. The molecular weight excluding hydrogens is 318 g/mol. The Kier molecular flexibility index (Phi) is 4.90. The first-order chi connectivity index (χ1) is 9.87. The number of nitrogens with zero attached hydrogens (tertiary/aromatic N) is 3. The van der Waals surface area contributed by atoms with E-state index in [1.54, 1.807) is 6.92 Å². The number of aromatic nitrogens is 2. The third-order valence-electron chi connectivity index (χ3n) is 3.43. The summed E-state index contributed by atoms with van der Waals surface area (Å²) in [6.45, 7) is 2.49. The number of sulfonamides is 1. The fourth-order valence-electron chi connectivity index (χ4n) is 2.43. The summed E-state index contributed by atoms with van der Waals surface area (Å²) in [5, 5.41) is 3.88. The normalized spacial score (nSPS) is 20.4. The van der Waals surface area contributed by atoms with Gasteiger partial charge in [-0.25, -0.2) is 8.42 Å². The minimum absolute atomic E-state index is 0.0475. The molecule has 1 atom stereocenters. The standard InChI is InChI=1S/C12H18ClN3O4S/c1-3-20-12(17)9-5-4-6-16(8-9)21(18,19)11-10(13)7-14-15(11)2/h7,9H,3-6,8H2,1-2H3/t9-/m0/s1. The van der Waals surface area contributed by atoms with Crippen LogP contribution in [0.1, 0.15) is 19.8 Å². The number of rotatable bonds is 4. The number of piperidine rings is 1. The van der Waals surface area contributed by atoms with E-state index in [2.05, 4.69) is 5.10 Å². The number of hydrogen-bond donors (Lipinski definition) is 0. The van der Waals surface area contributed by atoms with Crippen molar-refractivity contribution in [2.24, 2.45) is 13.0 Å². The van der Waals surface area contributed by atoms with E-state index >= 15 is 0 Å². The average molecular weight is 336 g/mol. The van der Waals surface area contributed by atoms with Crippen LogP contribution in [0.3, 0.4) is 0 Å². The molecule has 0 N–H and O–H groups in total. The number of carbonyl (C=O) groups excluding carboxylic acids is 1. The fourth-order valence-corrected chi connectivity index (χ4v) is 4.55. The number of halogens is 1. The van der Waals surface area contributed by atoms with Crippen molar-refractivity contribution >= 4 is 27.6 Å². The van der Waals surface area contributed by atoms with Crippen molar-refractivity contribution in [2.45, 2.75) is 24.8 Å². The van der Waals surface area contributed by atoms with E-state index in [4.69, 9.17) is 16.3 Å². The molecule has 1 aromatic rings. The topological polar surface area (TPSA) is 81.5 Å². The monoisotopic (exact) mass is 335 g/mol. The highest BCUT2D eigenvalue weighted by molar-refractivity contribution is 7.89. The number of esters is 1. The van der Waals surface area contributed by atoms with Crippen molar-refractivity contribution in [2.75, 3.05) is 19.7 Å². The summed E-state index contributed by atoms with van der Waals surface area (Å²) >= 11 is 5.92. The van der Waals surface area contributed by atoms with Crippen molar-refractivity contribution in [1.82, 2.24) is 14.1 Å². The maximum absolute atomic E-state index is 12.6. The average Bonchev–Trinajstić information content (AvgIpc) is 2.79. The molecule has 1 saturated heterocycles. The van der Waals surface area contributed by atoms with Crippen LogP contribution in [0.2, 0.25) is 5.02 Å². The third-order valence-corrected chi connectivity index (χ3v) is 5.80. The molecule has 118 valence electrons. The maximum Gasteiger partial charge on any atom is 0.310 e. The smallest absolute Gasteiger partial charge is 0.310 e. The minimum atomic E-state index is -3.77. The highest BCUT2D eigenvalue weighted by Gasteiger charge is 2.36. The second-order valence-electron chi connectivity index (χ2n) is 4.88. The second-order valence-corrected chi connectivity index (χ2v) is 7.14. The van der Waals surface area contributed by atoms with Crippen LogP contribution in [0.25, 0.3) is 0 Å². The molecule has 0 radical (unpaired) electrons. The minimum Gasteiger partial charge on any atom is -0.466 e. The van der Waals surface area contributed by atoms with Crippen LogP contribution >= 0.6 is 11.6 Å². The Balaban J connectivity index is 2.23. The molecule has 7 nitrogen and oxygen atoms in total. The first-order valence-electron chi connectivity index (χ1n) is 6.72. The van der Waals surface area contributed by atoms with E-state index in [0.717, 1.165) is 0 Å². The zero-order chi connectivity index (χ0) is 15.6. The molecule has 2 rings (SSSR count). The van der Waals surface area contributed by atoms with Gasteiger partial charge in [-0.3, -0.25) is 9.48 Å². The lowest BCUT2D eigenvalue weighted by atomic mass is 10.0. The highest BCUT2D eigenvalue weighted by Crippen LogP contribution is 2.28. The quantitative estimate of drug-likeness (QED) is 0.768. The van der Waals surface area contributed by atoms with E-state index in [9.17, 15) is 13.2 Å². The fraction of sp³-hybridized carbons (Fsp3) is 0.667. The highest BCUT2D eigenvalue weighted by atomic mass is 35.5. The Labute approximate surface area is 128 Å². The first kappa shape index (κ1) is 16.3. The van der Waals surface area contributed by atoms with Crippen molar-refractivity contribution in [3.05, 3.63) is 11.2 Å². The van der Waals surface area contributed by atoms with Crippen LogP contribution in [0.4, 0.5) is 0 Å². The summed E-state index contributed by atoms with van der Waals surface area (Å²) in [5.74, 6) is -0.783. The van der Waals surface area contributed by atoms with Gasteiger partial charge in [0.05, 0.1) is 23.7 Å². The van der Waals surface area contributed by atoms with Gasteiger partial charge < -0.3 is 4.74 Å². The predicted molar refractivity (Wildman–Crippen MR) is 76.3 cm³/mol. The van der Waals surface area contributed by atoms with Crippen LogP contribution in [0.15, 0.2) is 11.2 Å². The van der Waals surface area contributed by atoms with Crippen LogP contribution in [0.5, 0.6) is 0 Å². The summed E-state index contributed by atoms with van der Waals surface area (Å²) < 4.78 is 32.8. The van der Waals surface area contributed by atoms with Crippen LogP contribution in [-0.4, -0.2) is 48.2 Å². The molecule has 2 heterocycles. The molecule has 0 saturated carbocycles. The molecule has 21 heavy (non-hydrogen) atoms. The summed E-state index contributed by atoms with van der Waals surface area (Å²) in [4.78, 5) is 11.8. The molecule has 0 amide bonds. The lowest BCUT2D eigenvalue weighted by molar-refractivity contribution is -0.149. The molecule has 1 aliphatic heterocycles. The molecule has 1 aliphatic rings. The molecule has 1 fully saturated rings. The summed E-state index contributed by atoms with van der Waals surface area (Å²) in [6, 6.07) is 0. The van der Waals surface area contributed by atoms with Gasteiger partial charge in [-0.2, -0.15) is 9.40 Å². The van der Waals surface area contributed by atoms with Gasteiger partial charge >= 0.3 is 5.97 Å². The van der Waals surface area contributed by atoms with E-state index in [-0.39, 0.29) is 29.2 Å². The van der Waals surface area contributed by atoms with E-state index in [1.165, 1.54) is 22.2 Å². The SMILES string of the molecule is CCOC(=O)[C@H]1CCCN(S(=O)(=O)c2c(Cl)cnn2C)C1. The van der Waals surface area contributed by atoms with Crippen molar-refractivity contribution < 1.29 is 17.9 Å². The zero-order valence-corrected chi connectivity index (χ0v) is 13.5. The van der Waals surface area contributed by atoms with E-state index in [1.807, 2.05) is 0 Å². The number of ether oxygens (including phenoxy) is 1. The lowest BCUT2D eigenvalue weighted by Crippen LogP contribution is -2.43. The van der Waals surface area contributed by atoms with Crippen LogP contribution in [0, 0.1) is 5.92 Å². The Morgan fingerprint density at radius 3 is 2.86 bits per heavy atom. The van der Waals surface area contributed by atoms with Gasteiger partial charge in [-0.05, 0) is 19.8 Å². The Morgan fingerprint density at radius 2 is 2.29 bits per heavy atom. The van der Waals surface area contributed by atoms with Gasteiger partial charge in [0.25, 0.3) is 10.0 Å². The third kappa shape index (κ3) is 3.22. The molecule has 0 aliphatic carbocycles. The molecule has 9 heteroatoms. The first-order valence-corrected chi connectivity index (χ1v) is 8.54. The summed E-state index contributed by atoms with van der Waals surface area (Å²) in [7, 11) is -2.25. The molecule has 0 bridgehead atoms. The van der Waals surface area contributed by atoms with Gasteiger partial charge in [0, 0.05) is 20.1 Å². The molecular formula is C12H18ClN3O4S. The van der Waals surface area contributed by atoms with Gasteiger partial charge in [0.1, 0.15) is 0 Å². The second kappa shape index (κ2) is 6.33. The summed E-state index contributed by atoms with van der Waals surface area (Å²) in [6.07, 6.45) is 2.53. The van der Waals surface area contributed by atoms with E-state index < -0.39 is 15.9 Å². The van der Waals surface area contributed by atoms with Crippen molar-refractivity contribution in [1.29, 1.82) is 0 Å². The summed E-state index contributed by atoms with van der Waals surface area (Å²) in [5.41, 5.74) is 0. The van der Waals surface area contributed by atoms with Gasteiger partial charge in [0.15, 0.2) is 5.03 Å². The van der Waals surface area contributed by atoms with Gasteiger partial charge in [-0.15, -0.1) is 0 Å².